The molecule has 1 rings (SSSR count). The first-order valence-electron chi connectivity index (χ1n) is 3.59. The van der Waals surface area contributed by atoms with Gasteiger partial charge in [-0.25, -0.2) is 0 Å². The van der Waals surface area contributed by atoms with Gasteiger partial charge in [0.1, 0.15) is 0 Å². The second-order valence-electron chi connectivity index (χ2n) is 2.86. The minimum atomic E-state index is 0.152. The van der Waals surface area contributed by atoms with Gasteiger partial charge in [-0.05, 0) is 12.3 Å². The van der Waals surface area contributed by atoms with Crippen LogP contribution in [0, 0.1) is 5.92 Å². The zero-order chi connectivity index (χ0) is 7.56. The summed E-state index contributed by atoms with van der Waals surface area (Å²) in [4.78, 5) is 12.7. The van der Waals surface area contributed by atoms with Gasteiger partial charge >= 0.3 is 0 Å². The van der Waals surface area contributed by atoms with Crippen molar-refractivity contribution in [2.24, 2.45) is 5.92 Å². The number of amides is 1. The molecule has 0 aromatic rings. The topological polar surface area (TPSA) is 40.5 Å². The normalized spacial score (nSPS) is 27.2. The fraction of sp³-hybridized carbons (Fsp3) is 0.857. The Morgan fingerprint density at radius 2 is 2.50 bits per heavy atom. The van der Waals surface area contributed by atoms with Crippen LogP contribution in [0.5, 0.6) is 0 Å². The van der Waals surface area contributed by atoms with E-state index in [0.29, 0.717) is 6.42 Å². The van der Waals surface area contributed by atoms with Gasteiger partial charge in [0.2, 0.25) is 5.91 Å². The first kappa shape index (κ1) is 7.54. The van der Waals surface area contributed by atoms with Crippen LogP contribution in [0.25, 0.3) is 0 Å². The Morgan fingerprint density at radius 1 is 1.80 bits per heavy atom. The van der Waals surface area contributed by atoms with Gasteiger partial charge in [0.25, 0.3) is 0 Å². The van der Waals surface area contributed by atoms with E-state index in [9.17, 15) is 4.79 Å². The van der Waals surface area contributed by atoms with Crippen molar-refractivity contribution in [3.63, 3.8) is 0 Å². The molecule has 0 saturated carbocycles. The molecule has 1 aliphatic heterocycles. The molecule has 1 amide bonds. The molecule has 0 bridgehead atoms. The number of rotatable bonds is 1. The maximum atomic E-state index is 11.0. The van der Waals surface area contributed by atoms with Crippen molar-refractivity contribution < 1.29 is 9.90 Å². The molecule has 1 saturated heterocycles. The van der Waals surface area contributed by atoms with E-state index in [1.54, 1.807) is 11.9 Å². The maximum Gasteiger partial charge on any atom is 0.222 e. The number of piperidine rings is 1. The Labute approximate surface area is 60.6 Å². The summed E-state index contributed by atoms with van der Waals surface area (Å²) in [7, 11) is 1.80. The molecule has 0 spiro atoms. The highest BCUT2D eigenvalue weighted by atomic mass is 16.3. The van der Waals surface area contributed by atoms with Gasteiger partial charge in [-0.3, -0.25) is 4.79 Å². The molecule has 1 fully saturated rings. The molecule has 0 aliphatic carbocycles. The van der Waals surface area contributed by atoms with Crippen molar-refractivity contribution >= 4 is 5.91 Å². The smallest absolute Gasteiger partial charge is 0.222 e. The molecule has 0 unspecified atom stereocenters. The molecule has 3 heteroatoms. The van der Waals surface area contributed by atoms with Crippen molar-refractivity contribution in [3.05, 3.63) is 0 Å². The molecule has 3 nitrogen and oxygen atoms in total. The third-order valence-electron chi connectivity index (χ3n) is 2.02. The lowest BCUT2D eigenvalue weighted by atomic mass is 9.98. The van der Waals surface area contributed by atoms with Gasteiger partial charge in [-0.2, -0.15) is 0 Å². The minimum Gasteiger partial charge on any atom is -0.396 e. The largest absolute Gasteiger partial charge is 0.396 e. The average Bonchev–Trinajstić information content (AvgIpc) is 1.95. The first-order valence-corrected chi connectivity index (χ1v) is 3.59. The van der Waals surface area contributed by atoms with Crippen LogP contribution in [-0.2, 0) is 4.79 Å². The summed E-state index contributed by atoms with van der Waals surface area (Å²) in [5.41, 5.74) is 0. The molecule has 1 heterocycles. The minimum absolute atomic E-state index is 0.152. The molecule has 58 valence electrons. The van der Waals surface area contributed by atoms with E-state index in [1.807, 2.05) is 0 Å². The molecule has 0 aromatic carbocycles. The van der Waals surface area contributed by atoms with Crippen LogP contribution in [0.15, 0.2) is 0 Å². The van der Waals surface area contributed by atoms with Gasteiger partial charge in [-0.1, -0.05) is 0 Å². The van der Waals surface area contributed by atoms with E-state index in [0.717, 1.165) is 13.0 Å². The van der Waals surface area contributed by atoms with E-state index in [1.165, 1.54) is 0 Å². The lowest BCUT2D eigenvalue weighted by Crippen LogP contribution is -2.36. The molecule has 0 radical (unpaired) electrons. The van der Waals surface area contributed by atoms with E-state index in [-0.39, 0.29) is 18.4 Å². The summed E-state index contributed by atoms with van der Waals surface area (Å²) >= 11 is 0. The summed E-state index contributed by atoms with van der Waals surface area (Å²) in [6.07, 6.45) is 1.46. The average molecular weight is 143 g/mol. The lowest BCUT2D eigenvalue weighted by Gasteiger charge is -2.27. The summed E-state index contributed by atoms with van der Waals surface area (Å²) in [5.74, 6) is 0.369. The lowest BCUT2D eigenvalue weighted by molar-refractivity contribution is -0.134. The van der Waals surface area contributed by atoms with Crippen LogP contribution in [0.3, 0.4) is 0 Å². The molecular weight excluding hydrogens is 130 g/mol. The number of nitrogens with zero attached hydrogens (tertiary/aromatic N) is 1. The summed E-state index contributed by atoms with van der Waals surface area (Å²) in [6, 6.07) is 0. The van der Waals surface area contributed by atoms with Crippen LogP contribution in [0.4, 0.5) is 0 Å². The standard InChI is InChI=1S/C7H13NO2/c1-8-3-2-6(5-9)4-7(8)10/h6,9H,2-5H2,1H3/t6-/m1/s1. The van der Waals surface area contributed by atoms with Crippen LogP contribution in [0.2, 0.25) is 0 Å². The molecule has 1 atom stereocenters. The van der Waals surface area contributed by atoms with Crippen molar-refractivity contribution in [2.75, 3.05) is 20.2 Å². The fourth-order valence-electron chi connectivity index (χ4n) is 1.16. The summed E-state index contributed by atoms with van der Waals surface area (Å²) < 4.78 is 0. The number of hydrogen-bond acceptors (Lipinski definition) is 2. The highest BCUT2D eigenvalue weighted by Crippen LogP contribution is 2.15. The van der Waals surface area contributed by atoms with Gasteiger partial charge in [0.15, 0.2) is 0 Å². The second kappa shape index (κ2) is 3.01. The Kier molecular flexibility index (Phi) is 2.27. The number of aliphatic hydroxyl groups is 1. The third kappa shape index (κ3) is 1.48. The number of carbonyl (C=O) groups excluding carboxylic acids is 1. The van der Waals surface area contributed by atoms with Crippen molar-refractivity contribution in [3.8, 4) is 0 Å². The number of aliphatic hydroxyl groups excluding tert-OH is 1. The number of hydrogen-bond donors (Lipinski definition) is 1. The SMILES string of the molecule is CN1CC[C@@H](CO)CC1=O. The zero-order valence-electron chi connectivity index (χ0n) is 6.21. The van der Waals surface area contributed by atoms with Gasteiger partial charge in [0.05, 0.1) is 0 Å². The fourth-order valence-corrected chi connectivity index (χ4v) is 1.16. The molecule has 1 aliphatic rings. The second-order valence-corrected chi connectivity index (χ2v) is 2.86. The van der Waals surface area contributed by atoms with E-state index < -0.39 is 0 Å². The monoisotopic (exact) mass is 143 g/mol. The first-order chi connectivity index (χ1) is 4.74. The van der Waals surface area contributed by atoms with E-state index in [2.05, 4.69) is 0 Å². The van der Waals surface area contributed by atoms with Crippen molar-refractivity contribution in [1.82, 2.24) is 4.90 Å². The highest BCUT2D eigenvalue weighted by molar-refractivity contribution is 5.76. The predicted molar refractivity (Wildman–Crippen MR) is 37.4 cm³/mol. The predicted octanol–water partition coefficient (Wildman–Crippen LogP) is -0.153. The third-order valence-corrected chi connectivity index (χ3v) is 2.02. The number of likely N-dealkylation sites (tertiary alicyclic amines) is 1. The van der Waals surface area contributed by atoms with Gasteiger partial charge in [0, 0.05) is 26.6 Å². The number of carbonyl (C=O) groups is 1. The Morgan fingerprint density at radius 3 is 3.00 bits per heavy atom. The quantitative estimate of drug-likeness (QED) is 0.554. The van der Waals surface area contributed by atoms with Crippen LogP contribution in [0.1, 0.15) is 12.8 Å². The molecule has 10 heavy (non-hydrogen) atoms. The molecular formula is C7H13NO2. The zero-order valence-corrected chi connectivity index (χ0v) is 6.21. The Balaban J connectivity index is 2.41. The van der Waals surface area contributed by atoms with E-state index in [4.69, 9.17) is 5.11 Å². The maximum absolute atomic E-state index is 11.0. The van der Waals surface area contributed by atoms with E-state index >= 15 is 0 Å². The van der Waals surface area contributed by atoms with Gasteiger partial charge < -0.3 is 10.0 Å². The van der Waals surface area contributed by atoms with Crippen molar-refractivity contribution in [1.29, 1.82) is 0 Å². The molecule has 1 N–H and O–H groups in total. The molecule has 0 aromatic heterocycles. The van der Waals surface area contributed by atoms with Gasteiger partial charge in [-0.15, -0.1) is 0 Å². The van der Waals surface area contributed by atoms with Crippen LogP contribution < -0.4 is 0 Å². The Hall–Kier alpha value is -0.570. The van der Waals surface area contributed by atoms with Crippen molar-refractivity contribution in [2.45, 2.75) is 12.8 Å². The summed E-state index contributed by atoms with van der Waals surface area (Å²) in [6.45, 7) is 0.948. The Bertz CT molecular complexity index is 136. The highest BCUT2D eigenvalue weighted by Gasteiger charge is 2.21. The van der Waals surface area contributed by atoms with Crippen LogP contribution >= 0.6 is 0 Å². The van der Waals surface area contributed by atoms with Crippen LogP contribution in [-0.4, -0.2) is 36.1 Å². The summed E-state index contributed by atoms with van der Waals surface area (Å²) in [5, 5.41) is 8.72.